The monoisotopic (exact) mass is 332 g/mol. The summed E-state index contributed by atoms with van der Waals surface area (Å²) in [5.41, 5.74) is 6.86. The molecule has 0 aliphatic carbocycles. The molecule has 21 heavy (non-hydrogen) atoms. The zero-order valence-electron chi connectivity index (χ0n) is 11.4. The molecule has 1 aromatic rings. The lowest BCUT2D eigenvalue weighted by Gasteiger charge is -2.21. The molecule has 1 atom stereocenters. The number of rotatable bonds is 3. The molecule has 2 amide bonds. The second-order valence-electron chi connectivity index (χ2n) is 4.84. The maximum absolute atomic E-state index is 12.3. The average molecular weight is 332 g/mol. The molecular weight excluding hydrogens is 316 g/mol. The van der Waals surface area contributed by atoms with E-state index in [-0.39, 0.29) is 32.1 Å². The Morgan fingerprint density at radius 2 is 2.10 bits per heavy atom. The highest BCUT2D eigenvalue weighted by molar-refractivity contribution is 7.88. The van der Waals surface area contributed by atoms with E-state index < -0.39 is 21.8 Å². The van der Waals surface area contributed by atoms with Crippen LogP contribution in [0.25, 0.3) is 0 Å². The van der Waals surface area contributed by atoms with Gasteiger partial charge in [-0.25, -0.2) is 8.42 Å². The standard InChI is InChI=1S/C11H16N4O4S2/c1-21(18,19)15-3-2-14(5-8(6-15)10(12)16)11(17)9-4-13-7-20-9/h4,7-8H,2-3,5-6H2,1H3,(H2,12,16)/t8-/m0/s1. The molecule has 1 aliphatic heterocycles. The van der Waals surface area contributed by atoms with E-state index in [0.29, 0.717) is 4.88 Å². The van der Waals surface area contributed by atoms with Gasteiger partial charge in [0.15, 0.2) is 0 Å². The minimum absolute atomic E-state index is 0.000632. The molecule has 0 unspecified atom stereocenters. The van der Waals surface area contributed by atoms with Gasteiger partial charge in [-0.2, -0.15) is 4.31 Å². The zero-order chi connectivity index (χ0) is 15.6. The number of hydrogen-bond acceptors (Lipinski definition) is 6. The van der Waals surface area contributed by atoms with Crippen molar-refractivity contribution in [3.05, 3.63) is 16.6 Å². The van der Waals surface area contributed by atoms with Crippen LogP contribution in [0.5, 0.6) is 0 Å². The van der Waals surface area contributed by atoms with Crippen LogP contribution in [0.15, 0.2) is 11.7 Å². The van der Waals surface area contributed by atoms with Crippen LogP contribution in [0.1, 0.15) is 9.67 Å². The summed E-state index contributed by atoms with van der Waals surface area (Å²) in [6, 6.07) is 0. The van der Waals surface area contributed by atoms with Crippen molar-refractivity contribution in [2.75, 3.05) is 32.4 Å². The number of amides is 2. The Morgan fingerprint density at radius 3 is 2.62 bits per heavy atom. The van der Waals surface area contributed by atoms with Gasteiger partial charge in [0, 0.05) is 26.2 Å². The number of aromatic nitrogens is 1. The first kappa shape index (κ1) is 15.9. The second kappa shape index (κ2) is 6.08. The molecule has 2 rings (SSSR count). The van der Waals surface area contributed by atoms with Crippen LogP contribution in [0.2, 0.25) is 0 Å². The summed E-state index contributed by atoms with van der Waals surface area (Å²) in [5, 5.41) is 0. The maximum Gasteiger partial charge on any atom is 0.265 e. The molecule has 0 spiro atoms. The lowest BCUT2D eigenvalue weighted by molar-refractivity contribution is -0.122. The molecule has 116 valence electrons. The van der Waals surface area contributed by atoms with Gasteiger partial charge < -0.3 is 10.6 Å². The van der Waals surface area contributed by atoms with Gasteiger partial charge in [-0.3, -0.25) is 14.6 Å². The van der Waals surface area contributed by atoms with Gasteiger partial charge in [-0.15, -0.1) is 11.3 Å². The first-order chi connectivity index (χ1) is 9.79. The van der Waals surface area contributed by atoms with E-state index in [4.69, 9.17) is 5.73 Å². The molecule has 0 aromatic carbocycles. The van der Waals surface area contributed by atoms with Crippen LogP contribution in [0.3, 0.4) is 0 Å². The van der Waals surface area contributed by atoms with Crippen molar-refractivity contribution in [2.45, 2.75) is 0 Å². The van der Waals surface area contributed by atoms with Crippen LogP contribution in [-0.4, -0.2) is 66.9 Å². The van der Waals surface area contributed by atoms with Crippen LogP contribution >= 0.6 is 11.3 Å². The highest BCUT2D eigenvalue weighted by Gasteiger charge is 2.32. The molecule has 1 aromatic heterocycles. The Labute approximate surface area is 126 Å². The predicted molar refractivity (Wildman–Crippen MR) is 77.1 cm³/mol. The fourth-order valence-corrected chi connectivity index (χ4v) is 3.58. The molecule has 1 aliphatic rings. The molecule has 8 nitrogen and oxygen atoms in total. The Morgan fingerprint density at radius 1 is 1.38 bits per heavy atom. The molecule has 0 saturated carbocycles. The summed E-state index contributed by atoms with van der Waals surface area (Å²) < 4.78 is 24.5. The van der Waals surface area contributed by atoms with Crippen molar-refractivity contribution < 1.29 is 18.0 Å². The van der Waals surface area contributed by atoms with E-state index in [9.17, 15) is 18.0 Å². The number of sulfonamides is 1. The van der Waals surface area contributed by atoms with Gasteiger partial charge in [0.1, 0.15) is 4.88 Å². The largest absolute Gasteiger partial charge is 0.369 e. The minimum atomic E-state index is -3.44. The Bertz CT molecular complexity index is 629. The van der Waals surface area contributed by atoms with Crippen molar-refractivity contribution in [3.63, 3.8) is 0 Å². The minimum Gasteiger partial charge on any atom is -0.369 e. The highest BCUT2D eigenvalue weighted by Crippen LogP contribution is 2.16. The fraction of sp³-hybridized carbons (Fsp3) is 0.545. The van der Waals surface area contributed by atoms with Gasteiger partial charge in [0.05, 0.1) is 23.9 Å². The summed E-state index contributed by atoms with van der Waals surface area (Å²) in [5.74, 6) is -1.61. The molecule has 10 heteroatoms. The Balaban J connectivity index is 2.22. The molecule has 1 fully saturated rings. The number of nitrogens with two attached hydrogens (primary N) is 1. The van der Waals surface area contributed by atoms with E-state index in [1.165, 1.54) is 26.7 Å². The van der Waals surface area contributed by atoms with Crippen LogP contribution in [0, 0.1) is 5.92 Å². The molecule has 1 saturated heterocycles. The first-order valence-corrected chi connectivity index (χ1v) is 8.94. The van der Waals surface area contributed by atoms with Crippen LogP contribution in [-0.2, 0) is 14.8 Å². The average Bonchev–Trinajstić information content (AvgIpc) is 2.81. The molecule has 2 N–H and O–H groups in total. The molecule has 2 heterocycles. The third kappa shape index (κ3) is 3.77. The maximum atomic E-state index is 12.3. The van der Waals surface area contributed by atoms with E-state index in [1.807, 2.05) is 0 Å². The van der Waals surface area contributed by atoms with E-state index in [1.54, 1.807) is 5.51 Å². The predicted octanol–water partition coefficient (Wildman–Crippen LogP) is -1.04. The van der Waals surface area contributed by atoms with Crippen molar-refractivity contribution in [2.24, 2.45) is 11.7 Å². The van der Waals surface area contributed by atoms with E-state index >= 15 is 0 Å². The normalized spacial score (nSPS) is 21.0. The van der Waals surface area contributed by atoms with Crippen molar-refractivity contribution in [1.29, 1.82) is 0 Å². The number of hydrogen-bond donors (Lipinski definition) is 1. The SMILES string of the molecule is CS(=O)(=O)N1CCN(C(=O)c2cncs2)C[C@H](C(N)=O)C1. The third-order valence-electron chi connectivity index (χ3n) is 3.29. The second-order valence-corrected chi connectivity index (χ2v) is 7.71. The van der Waals surface area contributed by atoms with E-state index in [2.05, 4.69) is 4.98 Å². The van der Waals surface area contributed by atoms with Gasteiger partial charge in [0.2, 0.25) is 15.9 Å². The van der Waals surface area contributed by atoms with Gasteiger partial charge in [-0.05, 0) is 0 Å². The number of thiazole rings is 1. The number of carbonyl (C=O) groups excluding carboxylic acids is 2. The summed E-state index contributed by atoms with van der Waals surface area (Å²) >= 11 is 1.20. The molecular formula is C11H16N4O4S2. The third-order valence-corrected chi connectivity index (χ3v) is 5.32. The van der Waals surface area contributed by atoms with Crippen molar-refractivity contribution >= 4 is 33.2 Å². The van der Waals surface area contributed by atoms with E-state index in [0.717, 1.165) is 6.26 Å². The van der Waals surface area contributed by atoms with Gasteiger partial charge >= 0.3 is 0 Å². The first-order valence-electron chi connectivity index (χ1n) is 6.21. The summed E-state index contributed by atoms with van der Waals surface area (Å²) in [4.78, 5) is 29.5. The number of carbonyl (C=O) groups is 2. The van der Waals surface area contributed by atoms with Gasteiger partial charge in [0.25, 0.3) is 5.91 Å². The number of nitrogens with zero attached hydrogens (tertiary/aromatic N) is 3. The van der Waals surface area contributed by atoms with Crippen LogP contribution in [0.4, 0.5) is 0 Å². The van der Waals surface area contributed by atoms with Crippen molar-refractivity contribution in [1.82, 2.24) is 14.2 Å². The highest BCUT2D eigenvalue weighted by atomic mass is 32.2. The van der Waals surface area contributed by atoms with Gasteiger partial charge in [-0.1, -0.05) is 0 Å². The summed E-state index contributed by atoms with van der Waals surface area (Å²) in [6.45, 7) is 0.472. The molecule has 0 bridgehead atoms. The Kier molecular flexibility index (Phi) is 4.59. The lowest BCUT2D eigenvalue weighted by atomic mass is 10.1. The van der Waals surface area contributed by atoms with Crippen LogP contribution < -0.4 is 5.73 Å². The summed E-state index contributed by atoms with van der Waals surface area (Å²) in [7, 11) is -3.44. The lowest BCUT2D eigenvalue weighted by Crippen LogP contribution is -2.40. The zero-order valence-corrected chi connectivity index (χ0v) is 13.1. The Hall–Kier alpha value is -1.52. The van der Waals surface area contributed by atoms with Crippen molar-refractivity contribution in [3.8, 4) is 0 Å². The number of primary amides is 1. The quantitative estimate of drug-likeness (QED) is 0.759. The fourth-order valence-electron chi connectivity index (χ4n) is 2.13. The molecule has 0 radical (unpaired) electrons. The topological polar surface area (TPSA) is 114 Å². The summed E-state index contributed by atoms with van der Waals surface area (Å²) in [6.07, 6.45) is 2.53. The smallest absolute Gasteiger partial charge is 0.265 e.